The maximum atomic E-state index is 6.04. The average molecular weight is 324 g/mol. The molecule has 2 rings (SSSR count). The molecule has 2 nitrogen and oxygen atoms in total. The minimum Gasteiger partial charge on any atom is -0.488 e. The van der Waals surface area contributed by atoms with Crippen molar-refractivity contribution in [2.24, 2.45) is 5.73 Å². The van der Waals surface area contributed by atoms with Gasteiger partial charge in [-0.25, -0.2) is 0 Å². The molecule has 2 N–H and O–H groups in total. The zero-order valence-electron chi connectivity index (χ0n) is 12.8. The molecule has 4 heteroatoms. The van der Waals surface area contributed by atoms with E-state index < -0.39 is 0 Å². The van der Waals surface area contributed by atoms with Gasteiger partial charge in [0.1, 0.15) is 12.4 Å². The van der Waals surface area contributed by atoms with Crippen molar-refractivity contribution in [3.8, 4) is 5.75 Å². The van der Waals surface area contributed by atoms with Gasteiger partial charge in [0.2, 0.25) is 0 Å². The highest BCUT2D eigenvalue weighted by Gasteiger charge is 2.09. The molecular formula is C17H22ClNOS. The number of benzene rings is 1. The Morgan fingerprint density at radius 3 is 2.43 bits per heavy atom. The molecule has 21 heavy (non-hydrogen) atoms. The molecule has 0 bridgehead atoms. The lowest BCUT2D eigenvalue weighted by atomic mass is 9.99. The number of thiophene rings is 1. The van der Waals surface area contributed by atoms with Gasteiger partial charge in [-0.15, -0.1) is 11.3 Å². The van der Waals surface area contributed by atoms with Crippen LogP contribution in [0.5, 0.6) is 5.75 Å². The van der Waals surface area contributed by atoms with Crippen LogP contribution in [0, 0.1) is 13.8 Å². The van der Waals surface area contributed by atoms with Gasteiger partial charge in [-0.1, -0.05) is 30.7 Å². The molecule has 0 radical (unpaired) electrons. The third-order valence-electron chi connectivity index (χ3n) is 3.53. The third kappa shape index (κ3) is 4.47. The Balaban J connectivity index is 2.09. The first kappa shape index (κ1) is 16.3. The van der Waals surface area contributed by atoms with Crippen LogP contribution in [0.1, 0.15) is 34.9 Å². The molecule has 0 spiro atoms. The summed E-state index contributed by atoms with van der Waals surface area (Å²) in [5.74, 6) is 0.966. The highest BCUT2D eigenvalue weighted by Crippen LogP contribution is 2.28. The van der Waals surface area contributed by atoms with Gasteiger partial charge in [0.05, 0.1) is 4.34 Å². The molecule has 1 aromatic heterocycles. The summed E-state index contributed by atoms with van der Waals surface area (Å²) in [5, 5.41) is 0. The summed E-state index contributed by atoms with van der Waals surface area (Å²) in [4.78, 5) is 1.14. The first-order valence-corrected chi connectivity index (χ1v) is 8.41. The van der Waals surface area contributed by atoms with E-state index in [1.165, 1.54) is 5.56 Å². The summed E-state index contributed by atoms with van der Waals surface area (Å²) >= 11 is 7.50. The van der Waals surface area contributed by atoms with Gasteiger partial charge in [0, 0.05) is 10.9 Å². The quantitative estimate of drug-likeness (QED) is 0.822. The number of halogens is 1. The molecule has 1 aromatic carbocycles. The standard InChI is InChI=1S/C17H22ClNOS/c1-4-14(19)9-13-7-11(2)17(12(3)8-13)20-10-15-5-6-16(18)21-15/h5-8,14H,4,9-10,19H2,1-3H3. The van der Waals surface area contributed by atoms with Crippen molar-refractivity contribution < 1.29 is 4.74 Å². The number of aryl methyl sites for hydroxylation is 2. The third-order valence-corrected chi connectivity index (χ3v) is 4.73. The molecule has 0 aliphatic heterocycles. The molecule has 0 amide bonds. The van der Waals surface area contributed by atoms with Crippen LogP contribution in [0.4, 0.5) is 0 Å². The summed E-state index contributed by atoms with van der Waals surface area (Å²) in [6, 6.07) is 8.49. The van der Waals surface area contributed by atoms with Gasteiger partial charge in [-0.2, -0.15) is 0 Å². The maximum absolute atomic E-state index is 6.04. The van der Waals surface area contributed by atoms with Crippen molar-refractivity contribution >= 4 is 22.9 Å². The van der Waals surface area contributed by atoms with Gasteiger partial charge in [0.15, 0.2) is 0 Å². The van der Waals surface area contributed by atoms with Crippen molar-refractivity contribution in [3.05, 3.63) is 50.2 Å². The molecule has 0 aliphatic carbocycles. The van der Waals surface area contributed by atoms with E-state index in [-0.39, 0.29) is 6.04 Å². The van der Waals surface area contributed by atoms with E-state index in [4.69, 9.17) is 22.1 Å². The zero-order chi connectivity index (χ0) is 15.4. The number of hydrogen-bond acceptors (Lipinski definition) is 3. The van der Waals surface area contributed by atoms with E-state index >= 15 is 0 Å². The summed E-state index contributed by atoms with van der Waals surface area (Å²) in [7, 11) is 0. The topological polar surface area (TPSA) is 35.2 Å². The summed E-state index contributed by atoms with van der Waals surface area (Å²) < 4.78 is 6.77. The zero-order valence-corrected chi connectivity index (χ0v) is 14.4. The molecule has 1 heterocycles. The van der Waals surface area contributed by atoms with Gasteiger partial charge in [-0.05, 0) is 55.5 Å². The molecular weight excluding hydrogens is 302 g/mol. The van der Waals surface area contributed by atoms with E-state index in [2.05, 4.69) is 32.9 Å². The predicted octanol–water partition coefficient (Wildman–Crippen LogP) is 4.88. The smallest absolute Gasteiger partial charge is 0.125 e. The fourth-order valence-electron chi connectivity index (χ4n) is 2.41. The Labute approximate surface area is 135 Å². The summed E-state index contributed by atoms with van der Waals surface area (Å²) in [6.45, 7) is 6.86. The number of hydrogen-bond donors (Lipinski definition) is 1. The first-order valence-electron chi connectivity index (χ1n) is 7.22. The van der Waals surface area contributed by atoms with Gasteiger partial charge >= 0.3 is 0 Å². The molecule has 114 valence electrons. The molecule has 1 atom stereocenters. The average Bonchev–Trinajstić information content (AvgIpc) is 2.83. The number of nitrogens with two attached hydrogens (primary N) is 1. The van der Waals surface area contributed by atoms with Crippen LogP contribution in [-0.2, 0) is 13.0 Å². The van der Waals surface area contributed by atoms with Crippen LogP contribution in [0.25, 0.3) is 0 Å². The number of rotatable bonds is 6. The highest BCUT2D eigenvalue weighted by atomic mass is 35.5. The lowest BCUT2D eigenvalue weighted by molar-refractivity contribution is 0.305. The second-order valence-electron chi connectivity index (χ2n) is 5.43. The van der Waals surface area contributed by atoms with Crippen LogP contribution in [0.3, 0.4) is 0 Å². The van der Waals surface area contributed by atoms with Crippen molar-refractivity contribution in [1.29, 1.82) is 0 Å². The van der Waals surface area contributed by atoms with E-state index in [0.717, 1.165) is 38.9 Å². The second-order valence-corrected chi connectivity index (χ2v) is 7.23. The van der Waals surface area contributed by atoms with Crippen molar-refractivity contribution in [2.45, 2.75) is 46.3 Å². The monoisotopic (exact) mass is 323 g/mol. The second kappa shape index (κ2) is 7.30. The number of ether oxygens (including phenoxy) is 1. The predicted molar refractivity (Wildman–Crippen MR) is 91.5 cm³/mol. The lowest BCUT2D eigenvalue weighted by Crippen LogP contribution is -2.21. The van der Waals surface area contributed by atoms with E-state index in [1.54, 1.807) is 11.3 Å². The fourth-order valence-corrected chi connectivity index (χ4v) is 3.41. The minimum absolute atomic E-state index is 0.226. The fraction of sp³-hybridized carbons (Fsp3) is 0.412. The molecule has 0 saturated carbocycles. The van der Waals surface area contributed by atoms with E-state index in [9.17, 15) is 0 Å². The Hall–Kier alpha value is -1.03. The summed E-state index contributed by atoms with van der Waals surface area (Å²) in [5.41, 5.74) is 9.65. The Kier molecular flexibility index (Phi) is 5.68. The van der Waals surface area contributed by atoms with Crippen LogP contribution < -0.4 is 10.5 Å². The van der Waals surface area contributed by atoms with Crippen LogP contribution in [0.15, 0.2) is 24.3 Å². The van der Waals surface area contributed by atoms with E-state index in [1.807, 2.05) is 12.1 Å². The lowest BCUT2D eigenvalue weighted by Gasteiger charge is -2.15. The van der Waals surface area contributed by atoms with Crippen molar-refractivity contribution in [2.75, 3.05) is 0 Å². The largest absolute Gasteiger partial charge is 0.488 e. The first-order chi connectivity index (χ1) is 9.99. The van der Waals surface area contributed by atoms with Gasteiger partial charge < -0.3 is 10.5 Å². The molecule has 0 fully saturated rings. The van der Waals surface area contributed by atoms with Crippen molar-refractivity contribution in [3.63, 3.8) is 0 Å². The molecule has 1 unspecified atom stereocenters. The Morgan fingerprint density at radius 2 is 1.90 bits per heavy atom. The summed E-state index contributed by atoms with van der Waals surface area (Å²) in [6.07, 6.45) is 1.91. The molecule has 0 aliphatic rings. The van der Waals surface area contributed by atoms with Gasteiger partial charge in [0.25, 0.3) is 0 Å². The van der Waals surface area contributed by atoms with Crippen LogP contribution >= 0.6 is 22.9 Å². The van der Waals surface area contributed by atoms with Crippen molar-refractivity contribution in [1.82, 2.24) is 0 Å². The molecule has 2 aromatic rings. The molecule has 0 saturated heterocycles. The van der Waals surface area contributed by atoms with E-state index in [0.29, 0.717) is 6.61 Å². The highest BCUT2D eigenvalue weighted by molar-refractivity contribution is 7.16. The Morgan fingerprint density at radius 1 is 1.24 bits per heavy atom. The minimum atomic E-state index is 0.226. The van der Waals surface area contributed by atoms with Crippen LogP contribution in [0.2, 0.25) is 4.34 Å². The maximum Gasteiger partial charge on any atom is 0.125 e. The van der Waals surface area contributed by atoms with Crippen LogP contribution in [-0.4, -0.2) is 6.04 Å². The SMILES string of the molecule is CCC(N)Cc1cc(C)c(OCc2ccc(Cl)s2)c(C)c1. The normalized spacial score (nSPS) is 12.4. The Bertz CT molecular complexity index is 586. The van der Waals surface area contributed by atoms with Gasteiger partial charge in [-0.3, -0.25) is 0 Å².